The lowest BCUT2D eigenvalue weighted by Crippen LogP contribution is -2.20. The van der Waals surface area contributed by atoms with E-state index in [0.29, 0.717) is 0 Å². The molecule has 0 aliphatic heterocycles. The monoisotopic (exact) mass is 334 g/mol. The lowest BCUT2D eigenvalue weighted by molar-refractivity contribution is 0.315. The molecular weight excluding hydrogens is 316 g/mol. The third kappa shape index (κ3) is 4.54. The summed E-state index contributed by atoms with van der Waals surface area (Å²) in [6.45, 7) is 3.58. The van der Waals surface area contributed by atoms with Gasteiger partial charge in [-0.15, -0.1) is 0 Å². The van der Waals surface area contributed by atoms with E-state index in [1.165, 1.54) is 5.56 Å². The Balaban J connectivity index is 1.85. The summed E-state index contributed by atoms with van der Waals surface area (Å²) in [5.74, 6) is 0.895. The van der Waals surface area contributed by atoms with Crippen molar-refractivity contribution < 1.29 is 4.74 Å². The highest BCUT2D eigenvalue weighted by atomic mass is 79.9. The number of hydrogen-bond acceptors (Lipinski definition) is 3. The molecule has 0 spiro atoms. The Labute approximate surface area is 128 Å². The molecule has 106 valence electrons. The zero-order valence-corrected chi connectivity index (χ0v) is 13.1. The van der Waals surface area contributed by atoms with Crippen LogP contribution in [0, 0.1) is 0 Å². The molecule has 0 amide bonds. The Hall–Kier alpha value is -1.52. The highest BCUT2D eigenvalue weighted by Gasteiger charge is 2.02. The van der Waals surface area contributed by atoms with Crippen molar-refractivity contribution in [1.29, 1.82) is 0 Å². The maximum atomic E-state index is 5.63. The van der Waals surface area contributed by atoms with Crippen molar-refractivity contribution in [2.24, 2.45) is 0 Å². The first-order valence-electron chi connectivity index (χ1n) is 6.74. The van der Waals surface area contributed by atoms with Crippen LogP contribution in [0.3, 0.4) is 0 Å². The van der Waals surface area contributed by atoms with Gasteiger partial charge in [-0.05, 0) is 52.2 Å². The van der Waals surface area contributed by atoms with Gasteiger partial charge >= 0.3 is 0 Å². The smallest absolute Gasteiger partial charge is 0.133 e. The van der Waals surface area contributed by atoms with Crippen LogP contribution in [0.1, 0.15) is 18.9 Å². The highest BCUT2D eigenvalue weighted by Crippen LogP contribution is 2.26. The van der Waals surface area contributed by atoms with E-state index in [2.05, 4.69) is 45.8 Å². The molecule has 0 saturated carbocycles. The summed E-state index contributed by atoms with van der Waals surface area (Å²) in [5, 5.41) is 0. The third-order valence-corrected chi connectivity index (χ3v) is 3.38. The fourth-order valence-corrected chi connectivity index (χ4v) is 2.29. The molecule has 2 aromatic carbocycles. The standard InChI is InChI=1S/C16H19BrN2O/c1-2-10-20-16-9-8-13(11-15(16)17)12-18-19-14-6-4-3-5-7-14/h3-9,11,18-19H,2,10,12H2,1H3. The highest BCUT2D eigenvalue weighted by molar-refractivity contribution is 9.10. The molecule has 0 aliphatic rings. The Morgan fingerprint density at radius 3 is 2.60 bits per heavy atom. The molecule has 2 aromatic rings. The summed E-state index contributed by atoms with van der Waals surface area (Å²) in [7, 11) is 0. The van der Waals surface area contributed by atoms with Crippen LogP contribution < -0.4 is 15.6 Å². The van der Waals surface area contributed by atoms with Crippen LogP contribution in [0.2, 0.25) is 0 Å². The van der Waals surface area contributed by atoms with E-state index in [1.807, 2.05) is 36.4 Å². The van der Waals surface area contributed by atoms with Gasteiger partial charge in [0, 0.05) is 12.2 Å². The molecule has 2 N–H and O–H groups in total. The van der Waals surface area contributed by atoms with Crippen LogP contribution in [0.15, 0.2) is 53.0 Å². The molecule has 0 radical (unpaired) electrons. The molecule has 0 aromatic heterocycles. The predicted octanol–water partition coefficient (Wildman–Crippen LogP) is 4.35. The third-order valence-electron chi connectivity index (χ3n) is 2.76. The van der Waals surface area contributed by atoms with Crippen LogP contribution in [-0.4, -0.2) is 6.61 Å². The molecule has 0 atom stereocenters. The van der Waals surface area contributed by atoms with E-state index in [4.69, 9.17) is 4.74 Å². The molecule has 0 heterocycles. The first kappa shape index (κ1) is 14.9. The second-order valence-corrected chi connectivity index (χ2v) is 5.31. The summed E-state index contributed by atoms with van der Waals surface area (Å²) in [6, 6.07) is 16.2. The molecule has 0 bridgehead atoms. The largest absolute Gasteiger partial charge is 0.492 e. The van der Waals surface area contributed by atoms with Crippen molar-refractivity contribution in [3.63, 3.8) is 0 Å². The maximum absolute atomic E-state index is 5.63. The lowest BCUT2D eigenvalue weighted by Gasteiger charge is -2.11. The Kier molecular flexibility index (Phi) is 5.89. The van der Waals surface area contributed by atoms with Crippen LogP contribution in [0.25, 0.3) is 0 Å². The minimum absolute atomic E-state index is 0.738. The summed E-state index contributed by atoms with van der Waals surface area (Å²) in [6.07, 6.45) is 1.01. The normalized spacial score (nSPS) is 10.3. The second-order valence-electron chi connectivity index (χ2n) is 4.46. The maximum Gasteiger partial charge on any atom is 0.133 e. The van der Waals surface area contributed by atoms with E-state index < -0.39 is 0 Å². The van der Waals surface area contributed by atoms with Gasteiger partial charge < -0.3 is 10.2 Å². The van der Waals surface area contributed by atoms with E-state index in [9.17, 15) is 0 Å². The molecule has 20 heavy (non-hydrogen) atoms. The zero-order chi connectivity index (χ0) is 14.2. The van der Waals surface area contributed by atoms with E-state index in [0.717, 1.165) is 35.5 Å². The topological polar surface area (TPSA) is 33.3 Å². The van der Waals surface area contributed by atoms with Crippen LogP contribution in [0.5, 0.6) is 5.75 Å². The minimum Gasteiger partial charge on any atom is -0.492 e. The fraction of sp³-hybridized carbons (Fsp3) is 0.250. The molecular formula is C16H19BrN2O. The molecule has 0 aliphatic carbocycles. The molecule has 0 saturated heterocycles. The second kappa shape index (κ2) is 7.92. The average molecular weight is 335 g/mol. The van der Waals surface area contributed by atoms with Crippen molar-refractivity contribution in [3.8, 4) is 5.75 Å². The van der Waals surface area contributed by atoms with E-state index in [1.54, 1.807) is 0 Å². The number of anilines is 1. The minimum atomic E-state index is 0.738. The summed E-state index contributed by atoms with van der Waals surface area (Å²) in [4.78, 5) is 0. The Morgan fingerprint density at radius 2 is 1.90 bits per heavy atom. The average Bonchev–Trinajstić information content (AvgIpc) is 2.47. The van der Waals surface area contributed by atoms with E-state index in [-0.39, 0.29) is 0 Å². The van der Waals surface area contributed by atoms with Crippen LogP contribution in [0.4, 0.5) is 5.69 Å². The number of benzene rings is 2. The van der Waals surface area contributed by atoms with Gasteiger partial charge in [-0.2, -0.15) is 0 Å². The predicted molar refractivity (Wildman–Crippen MR) is 86.8 cm³/mol. The Morgan fingerprint density at radius 1 is 1.10 bits per heavy atom. The molecule has 0 fully saturated rings. The van der Waals surface area contributed by atoms with E-state index >= 15 is 0 Å². The van der Waals surface area contributed by atoms with Gasteiger partial charge in [0.05, 0.1) is 11.1 Å². The Bertz CT molecular complexity index is 531. The lowest BCUT2D eigenvalue weighted by atomic mass is 10.2. The molecule has 4 heteroatoms. The van der Waals surface area contributed by atoms with Crippen molar-refractivity contribution in [2.75, 3.05) is 12.0 Å². The molecule has 2 rings (SSSR count). The summed E-state index contributed by atoms with van der Waals surface area (Å²) < 4.78 is 6.62. The van der Waals surface area contributed by atoms with Gasteiger partial charge in [-0.1, -0.05) is 31.2 Å². The van der Waals surface area contributed by atoms with Gasteiger partial charge in [0.2, 0.25) is 0 Å². The van der Waals surface area contributed by atoms with Gasteiger partial charge in [0.15, 0.2) is 0 Å². The number of rotatable bonds is 7. The number of hydrogen-bond donors (Lipinski definition) is 2. The SMILES string of the molecule is CCCOc1ccc(CNNc2ccccc2)cc1Br. The van der Waals surface area contributed by atoms with Crippen molar-refractivity contribution >= 4 is 21.6 Å². The summed E-state index contributed by atoms with van der Waals surface area (Å²) in [5.41, 5.74) is 8.60. The van der Waals surface area contributed by atoms with Crippen LogP contribution >= 0.6 is 15.9 Å². The quantitative estimate of drug-likeness (QED) is 0.738. The van der Waals surface area contributed by atoms with Gasteiger partial charge in [0.1, 0.15) is 5.75 Å². The first-order valence-corrected chi connectivity index (χ1v) is 7.54. The summed E-state index contributed by atoms with van der Waals surface area (Å²) >= 11 is 3.54. The fourth-order valence-electron chi connectivity index (χ4n) is 1.75. The van der Waals surface area contributed by atoms with Crippen molar-refractivity contribution in [1.82, 2.24) is 5.43 Å². The van der Waals surface area contributed by atoms with Crippen molar-refractivity contribution in [3.05, 3.63) is 58.6 Å². The van der Waals surface area contributed by atoms with Crippen LogP contribution in [-0.2, 0) is 6.54 Å². The molecule has 3 nitrogen and oxygen atoms in total. The first-order chi connectivity index (χ1) is 9.79. The number of halogens is 1. The zero-order valence-electron chi connectivity index (χ0n) is 11.5. The molecule has 0 unspecified atom stereocenters. The van der Waals surface area contributed by atoms with Crippen molar-refractivity contribution in [2.45, 2.75) is 19.9 Å². The number of para-hydroxylation sites is 1. The van der Waals surface area contributed by atoms with Gasteiger partial charge in [-0.3, -0.25) is 0 Å². The van der Waals surface area contributed by atoms with Gasteiger partial charge in [0.25, 0.3) is 0 Å². The number of ether oxygens (including phenoxy) is 1. The number of hydrazine groups is 1. The van der Waals surface area contributed by atoms with Gasteiger partial charge in [-0.25, -0.2) is 5.43 Å². The number of nitrogens with one attached hydrogen (secondary N) is 2.